The molecule has 0 bridgehead atoms. The Bertz CT molecular complexity index is 1990. The van der Waals surface area contributed by atoms with Gasteiger partial charge in [-0.3, -0.25) is 14.5 Å². The van der Waals surface area contributed by atoms with Crippen LogP contribution in [0.5, 0.6) is 0 Å². The van der Waals surface area contributed by atoms with E-state index in [1.54, 1.807) is 25.1 Å². The van der Waals surface area contributed by atoms with Crippen molar-refractivity contribution in [1.29, 1.82) is 0 Å². The number of aliphatic hydroxyl groups is 1. The quantitative estimate of drug-likeness (QED) is 0.0553. The highest BCUT2D eigenvalue weighted by atomic mass is 35.5. The molecule has 0 spiro atoms. The van der Waals surface area contributed by atoms with Crippen molar-refractivity contribution in [2.45, 2.75) is 30.0 Å². The van der Waals surface area contributed by atoms with Gasteiger partial charge in [0, 0.05) is 17.0 Å². The van der Waals surface area contributed by atoms with Gasteiger partial charge in [0.2, 0.25) is 5.13 Å². The van der Waals surface area contributed by atoms with E-state index in [1.165, 1.54) is 35.9 Å². The van der Waals surface area contributed by atoms with Crippen LogP contribution in [0.4, 0.5) is 5.13 Å². The van der Waals surface area contributed by atoms with Crippen LogP contribution in [0.1, 0.15) is 44.5 Å². The number of hydrogen-bond donors (Lipinski definition) is 1. The molecule has 44 heavy (non-hydrogen) atoms. The van der Waals surface area contributed by atoms with Gasteiger partial charge in [-0.25, -0.2) is 9.78 Å². The van der Waals surface area contributed by atoms with Crippen LogP contribution < -0.4 is 4.90 Å². The number of amides is 1. The first-order chi connectivity index (χ1) is 21.2. The number of methoxy groups -OCH3 is 1. The van der Waals surface area contributed by atoms with Gasteiger partial charge in [-0.1, -0.05) is 71.1 Å². The zero-order valence-electron chi connectivity index (χ0n) is 23.6. The van der Waals surface area contributed by atoms with Gasteiger partial charge in [-0.15, -0.1) is 10.2 Å². The van der Waals surface area contributed by atoms with Crippen molar-refractivity contribution in [3.05, 3.63) is 111 Å². The number of Topliss-reactive ketones (excluding diaryl/α,β-unsaturated/α-hetero) is 1. The number of aromatic nitrogens is 4. The number of carbonyl (C=O) groups is 3. The number of thioether (sulfide) groups is 1. The van der Waals surface area contributed by atoms with Crippen molar-refractivity contribution in [2.75, 3.05) is 12.0 Å². The lowest BCUT2D eigenvalue weighted by molar-refractivity contribution is -0.132. The molecule has 1 N–H and O–H groups in total. The molecule has 10 nitrogen and oxygen atoms in total. The minimum absolute atomic E-state index is 0.148. The summed E-state index contributed by atoms with van der Waals surface area (Å²) in [5, 5.41) is 21.0. The molecule has 222 valence electrons. The van der Waals surface area contributed by atoms with Crippen LogP contribution >= 0.6 is 34.7 Å². The van der Waals surface area contributed by atoms with E-state index in [0.717, 1.165) is 22.5 Å². The summed E-state index contributed by atoms with van der Waals surface area (Å²) in [6.45, 7) is 3.67. The second-order valence-electron chi connectivity index (χ2n) is 9.94. The van der Waals surface area contributed by atoms with Crippen LogP contribution in [0.3, 0.4) is 0 Å². The maximum Gasteiger partial charge on any atom is 0.337 e. The second-order valence-corrected chi connectivity index (χ2v) is 12.5. The Hall–Kier alpha value is -4.52. The number of aliphatic hydroxyl groups excluding tert-OH is 1. The number of imidazole rings is 1. The van der Waals surface area contributed by atoms with Crippen LogP contribution in [0.2, 0.25) is 5.02 Å². The van der Waals surface area contributed by atoms with Crippen LogP contribution in [0, 0.1) is 13.8 Å². The topological polar surface area (TPSA) is 127 Å². The fourth-order valence-corrected chi connectivity index (χ4v) is 7.21. The van der Waals surface area contributed by atoms with E-state index in [-0.39, 0.29) is 22.0 Å². The van der Waals surface area contributed by atoms with Crippen LogP contribution in [-0.4, -0.2) is 49.5 Å². The number of rotatable bonds is 7. The minimum atomic E-state index is -1.07. The molecule has 3 aromatic heterocycles. The molecule has 0 aliphatic carbocycles. The average molecular weight is 646 g/mol. The summed E-state index contributed by atoms with van der Waals surface area (Å²) in [5.41, 5.74) is 3.80. The maximum atomic E-state index is 13.7. The predicted octanol–water partition coefficient (Wildman–Crippen LogP) is 6.16. The number of benzene rings is 2. The summed E-state index contributed by atoms with van der Waals surface area (Å²) in [6.07, 6.45) is 1.81. The third kappa shape index (κ3) is 5.14. The Balaban J connectivity index is 1.45. The first-order valence-corrected chi connectivity index (χ1v) is 15.5. The van der Waals surface area contributed by atoms with E-state index in [1.807, 2.05) is 47.9 Å². The van der Waals surface area contributed by atoms with Gasteiger partial charge in [0.05, 0.1) is 30.0 Å². The molecule has 1 saturated heterocycles. The van der Waals surface area contributed by atoms with Gasteiger partial charge in [-0.2, -0.15) is 0 Å². The Kier molecular flexibility index (Phi) is 7.97. The zero-order valence-corrected chi connectivity index (χ0v) is 26.0. The van der Waals surface area contributed by atoms with Crippen LogP contribution in [0.15, 0.2) is 76.8 Å². The molecule has 1 amide bonds. The molecule has 1 atom stereocenters. The van der Waals surface area contributed by atoms with Crippen LogP contribution in [-0.2, 0) is 20.1 Å². The number of halogens is 1. The summed E-state index contributed by atoms with van der Waals surface area (Å²) in [7, 11) is 1.28. The monoisotopic (exact) mass is 645 g/mol. The maximum absolute atomic E-state index is 13.7. The Labute approximate surface area is 265 Å². The van der Waals surface area contributed by atoms with Crippen molar-refractivity contribution in [1.82, 2.24) is 19.6 Å². The van der Waals surface area contributed by atoms with Crippen molar-refractivity contribution in [2.24, 2.45) is 0 Å². The Morgan fingerprint density at radius 1 is 1.07 bits per heavy atom. The summed E-state index contributed by atoms with van der Waals surface area (Å²) in [4.78, 5) is 45.3. The number of hydrogen-bond acceptors (Lipinski definition) is 10. The minimum Gasteiger partial charge on any atom is -0.505 e. The molecule has 1 aliphatic heterocycles. The van der Waals surface area contributed by atoms with Gasteiger partial charge >= 0.3 is 11.9 Å². The molecule has 1 fully saturated rings. The van der Waals surface area contributed by atoms with Gasteiger partial charge in [-0.05, 0) is 54.8 Å². The fourth-order valence-electron chi connectivity index (χ4n) is 5.05. The largest absolute Gasteiger partial charge is 0.505 e. The lowest BCUT2D eigenvalue weighted by Crippen LogP contribution is -2.29. The summed E-state index contributed by atoms with van der Waals surface area (Å²) >= 11 is 8.84. The number of aryl methyl sites for hydroxylation is 2. The SMILES string of the molecule is COC(=O)c1ccc(C2C(=C(O)c3nc4c(C)cccn4c3C)C(=O)C(=O)N2c2nnc(SCc3ccccc3Cl)s2)cc1. The molecule has 13 heteroatoms. The molecule has 6 rings (SSSR count). The van der Waals surface area contributed by atoms with E-state index in [2.05, 4.69) is 15.2 Å². The van der Waals surface area contributed by atoms with E-state index < -0.39 is 29.5 Å². The van der Waals surface area contributed by atoms with Gasteiger partial charge in [0.25, 0.3) is 5.78 Å². The van der Waals surface area contributed by atoms with E-state index >= 15 is 0 Å². The molecule has 1 aliphatic rings. The third-order valence-electron chi connectivity index (χ3n) is 7.31. The van der Waals surface area contributed by atoms with Crippen molar-refractivity contribution >= 4 is 68.9 Å². The molecule has 4 heterocycles. The zero-order chi connectivity index (χ0) is 31.1. The molecule has 0 radical (unpaired) electrons. The smallest absolute Gasteiger partial charge is 0.337 e. The summed E-state index contributed by atoms with van der Waals surface area (Å²) < 4.78 is 7.19. The number of nitrogens with zero attached hydrogens (tertiary/aromatic N) is 5. The number of anilines is 1. The number of esters is 1. The molecule has 0 saturated carbocycles. The van der Waals surface area contributed by atoms with Gasteiger partial charge in [0.15, 0.2) is 10.1 Å². The third-order valence-corrected chi connectivity index (χ3v) is 9.78. The number of pyridine rings is 1. The van der Waals surface area contributed by atoms with Crippen molar-refractivity contribution in [3.63, 3.8) is 0 Å². The normalized spacial score (nSPS) is 16.2. The Morgan fingerprint density at radius 3 is 2.52 bits per heavy atom. The average Bonchev–Trinajstić information content (AvgIpc) is 3.71. The number of fused-ring (bicyclic) bond motifs is 1. The molecule has 5 aromatic rings. The predicted molar refractivity (Wildman–Crippen MR) is 168 cm³/mol. The number of ether oxygens (including phenoxy) is 1. The van der Waals surface area contributed by atoms with Crippen molar-refractivity contribution in [3.8, 4) is 0 Å². The van der Waals surface area contributed by atoms with Gasteiger partial charge in [0.1, 0.15) is 11.3 Å². The van der Waals surface area contributed by atoms with Crippen LogP contribution in [0.25, 0.3) is 11.4 Å². The highest BCUT2D eigenvalue weighted by molar-refractivity contribution is 8.00. The highest BCUT2D eigenvalue weighted by Gasteiger charge is 2.49. The second kappa shape index (κ2) is 11.9. The van der Waals surface area contributed by atoms with Gasteiger partial charge < -0.3 is 14.2 Å². The van der Waals surface area contributed by atoms with Crippen molar-refractivity contribution < 1.29 is 24.2 Å². The lowest BCUT2D eigenvalue weighted by atomic mass is 9.95. The van der Waals surface area contributed by atoms with E-state index in [0.29, 0.717) is 32.0 Å². The summed E-state index contributed by atoms with van der Waals surface area (Å²) in [6, 6.07) is 16.4. The fraction of sp³-hybridized carbons (Fsp3) is 0.161. The standard InChI is InChI=1S/C31H24ClN5O5S2/c1-16-7-6-14-36-17(2)23(33-27(16)36)25(38)22-24(18-10-12-19(13-11-18)29(41)42-3)37(28(40)26(22)39)30-34-35-31(44-30)43-15-20-8-4-5-9-21(20)32/h4-14,24,38H,15H2,1-3H3. The first-order valence-electron chi connectivity index (χ1n) is 13.3. The highest BCUT2D eigenvalue weighted by Crippen LogP contribution is 2.44. The molecule has 1 unspecified atom stereocenters. The first kappa shape index (κ1) is 29.5. The summed E-state index contributed by atoms with van der Waals surface area (Å²) in [5.74, 6) is -2.18. The Morgan fingerprint density at radius 2 is 1.82 bits per heavy atom. The number of ketones is 1. The lowest BCUT2D eigenvalue weighted by Gasteiger charge is -2.22. The number of carbonyl (C=O) groups excluding carboxylic acids is 3. The van der Waals surface area contributed by atoms with E-state index in [4.69, 9.17) is 16.3 Å². The molecule has 2 aromatic carbocycles. The van der Waals surface area contributed by atoms with E-state index in [9.17, 15) is 19.5 Å². The molecular formula is C31H24ClN5O5S2. The molecular weight excluding hydrogens is 622 g/mol.